The fourth-order valence-electron chi connectivity index (χ4n) is 2.19. The molecule has 1 atom stereocenters. The summed E-state index contributed by atoms with van der Waals surface area (Å²) < 4.78 is 21.2. The Morgan fingerprint density at radius 1 is 1.24 bits per heavy atom. The van der Waals surface area contributed by atoms with Crippen LogP contribution in [-0.2, 0) is 11.1 Å². The highest BCUT2D eigenvalue weighted by Crippen LogP contribution is 2.20. The fraction of sp³-hybridized carbons (Fsp3) is 0.500. The van der Waals surface area contributed by atoms with Gasteiger partial charge < -0.3 is 9.45 Å². The Morgan fingerprint density at radius 2 is 1.88 bits per heavy atom. The lowest BCUT2D eigenvalue weighted by molar-refractivity contribution is 0.291. The van der Waals surface area contributed by atoms with E-state index in [1.165, 1.54) is 11.3 Å². The highest BCUT2D eigenvalue weighted by molar-refractivity contribution is 7.79. The van der Waals surface area contributed by atoms with Crippen LogP contribution in [0.4, 0.5) is 5.69 Å². The van der Waals surface area contributed by atoms with Gasteiger partial charge >= 0.3 is 0 Å². The molecule has 1 heterocycles. The minimum atomic E-state index is -1.97. The lowest BCUT2D eigenvalue weighted by Gasteiger charge is -2.36. The van der Waals surface area contributed by atoms with Crippen LogP contribution in [0.1, 0.15) is 5.56 Å². The molecule has 0 radical (unpaired) electrons. The molecule has 1 aliphatic heterocycles. The third-order valence-electron chi connectivity index (χ3n) is 3.12. The van der Waals surface area contributed by atoms with Crippen LogP contribution in [0.2, 0.25) is 0 Å². The van der Waals surface area contributed by atoms with Crippen LogP contribution in [0.5, 0.6) is 0 Å². The van der Waals surface area contributed by atoms with Gasteiger partial charge in [0.15, 0.2) is 0 Å². The maximum atomic E-state index is 10.6. The van der Waals surface area contributed by atoms with Crippen molar-refractivity contribution in [1.82, 2.24) is 4.90 Å². The normalized spacial score (nSPS) is 19.3. The minimum Gasteiger partial charge on any atom is -0.771 e. The molecule has 0 spiro atoms. The number of para-hydroxylation sites is 1. The summed E-state index contributed by atoms with van der Waals surface area (Å²) in [7, 11) is 0. The number of nitrogens with zero attached hydrogens (tertiary/aromatic N) is 2. The van der Waals surface area contributed by atoms with Crippen molar-refractivity contribution < 1.29 is 8.76 Å². The lowest BCUT2D eigenvalue weighted by atomic mass is 10.1. The van der Waals surface area contributed by atoms with Crippen molar-refractivity contribution in [1.29, 1.82) is 0 Å². The first-order valence-electron chi connectivity index (χ1n) is 5.75. The zero-order chi connectivity index (χ0) is 12.3. The van der Waals surface area contributed by atoms with Crippen LogP contribution in [-0.4, -0.2) is 45.7 Å². The van der Waals surface area contributed by atoms with Crippen molar-refractivity contribution in [2.45, 2.75) is 6.92 Å². The van der Waals surface area contributed by atoms with E-state index in [0.717, 1.165) is 26.2 Å². The molecule has 17 heavy (non-hydrogen) atoms. The zero-order valence-corrected chi connectivity index (χ0v) is 10.8. The van der Waals surface area contributed by atoms with E-state index in [-0.39, 0.29) is 5.88 Å². The fourth-order valence-corrected chi connectivity index (χ4v) is 2.74. The molecule has 5 heteroatoms. The second-order valence-electron chi connectivity index (χ2n) is 4.32. The van der Waals surface area contributed by atoms with Crippen molar-refractivity contribution >= 4 is 16.8 Å². The van der Waals surface area contributed by atoms with Gasteiger partial charge in [0, 0.05) is 31.9 Å². The average Bonchev–Trinajstić information content (AvgIpc) is 2.30. The van der Waals surface area contributed by atoms with E-state index in [4.69, 9.17) is 0 Å². The van der Waals surface area contributed by atoms with E-state index >= 15 is 0 Å². The van der Waals surface area contributed by atoms with E-state index in [2.05, 4.69) is 24.0 Å². The molecule has 1 saturated heterocycles. The van der Waals surface area contributed by atoms with Crippen molar-refractivity contribution in [2.24, 2.45) is 0 Å². The molecule has 1 aromatic rings. The highest BCUT2D eigenvalue weighted by Gasteiger charge is 2.17. The topological polar surface area (TPSA) is 46.6 Å². The van der Waals surface area contributed by atoms with Gasteiger partial charge in [-0.25, -0.2) is 0 Å². The number of hydrogen-bond donors (Lipinski definition) is 0. The molecule has 0 aromatic heterocycles. The van der Waals surface area contributed by atoms with Gasteiger partial charge in [-0.05, 0) is 29.6 Å². The Morgan fingerprint density at radius 3 is 2.47 bits per heavy atom. The molecule has 0 amide bonds. The van der Waals surface area contributed by atoms with Gasteiger partial charge in [0.05, 0.1) is 5.88 Å². The van der Waals surface area contributed by atoms with Crippen molar-refractivity contribution in [3.8, 4) is 0 Å². The van der Waals surface area contributed by atoms with E-state index < -0.39 is 11.1 Å². The molecular weight excluding hydrogens is 236 g/mol. The molecule has 0 aliphatic carbocycles. The van der Waals surface area contributed by atoms with Gasteiger partial charge in [0.25, 0.3) is 0 Å². The first kappa shape index (κ1) is 12.5. The molecule has 0 N–H and O–H groups in total. The number of hydrogen-bond acceptors (Lipinski definition) is 4. The monoisotopic (exact) mass is 253 g/mol. The second-order valence-corrected chi connectivity index (χ2v) is 5.19. The van der Waals surface area contributed by atoms with Crippen LogP contribution >= 0.6 is 0 Å². The molecular formula is C12H17N2O2S-. The Balaban J connectivity index is 1.95. The lowest BCUT2D eigenvalue weighted by Crippen LogP contribution is -2.47. The number of anilines is 1. The average molecular weight is 253 g/mol. The summed E-state index contributed by atoms with van der Waals surface area (Å²) >= 11 is -1.97. The smallest absolute Gasteiger partial charge is 0.0614 e. The van der Waals surface area contributed by atoms with E-state index in [1.54, 1.807) is 0 Å². The van der Waals surface area contributed by atoms with Crippen LogP contribution in [0.15, 0.2) is 24.3 Å². The van der Waals surface area contributed by atoms with Gasteiger partial charge in [-0.2, -0.15) is 0 Å². The molecule has 1 unspecified atom stereocenters. The summed E-state index contributed by atoms with van der Waals surface area (Å²) in [6.07, 6.45) is 0. The SMILES string of the molecule is Cc1ccccc1N1CCN(CS(=O)[O-])CC1. The molecule has 2 rings (SSSR count). The van der Waals surface area contributed by atoms with Crippen LogP contribution in [0.25, 0.3) is 0 Å². The Hall–Kier alpha value is -0.910. The first-order valence-corrected chi connectivity index (χ1v) is 7.00. The number of benzene rings is 1. The van der Waals surface area contributed by atoms with E-state index in [9.17, 15) is 8.76 Å². The van der Waals surface area contributed by atoms with Gasteiger partial charge in [-0.15, -0.1) is 0 Å². The quantitative estimate of drug-likeness (QED) is 0.753. The molecule has 0 bridgehead atoms. The summed E-state index contributed by atoms with van der Waals surface area (Å²) in [5.74, 6) is 0.154. The van der Waals surface area contributed by atoms with Gasteiger partial charge in [-0.1, -0.05) is 18.2 Å². The number of rotatable bonds is 3. The van der Waals surface area contributed by atoms with Gasteiger partial charge in [0.2, 0.25) is 0 Å². The number of aryl methyl sites for hydroxylation is 1. The molecule has 1 aliphatic rings. The van der Waals surface area contributed by atoms with Crippen LogP contribution in [0, 0.1) is 6.92 Å². The molecule has 1 fully saturated rings. The van der Waals surface area contributed by atoms with Gasteiger partial charge in [0.1, 0.15) is 0 Å². The molecule has 1 aromatic carbocycles. The first-order chi connectivity index (χ1) is 8.16. The summed E-state index contributed by atoms with van der Waals surface area (Å²) in [5, 5.41) is 0. The summed E-state index contributed by atoms with van der Waals surface area (Å²) in [5.41, 5.74) is 2.53. The van der Waals surface area contributed by atoms with Crippen molar-refractivity contribution in [3.63, 3.8) is 0 Å². The Labute approximate surface area is 105 Å². The molecule has 94 valence electrons. The third kappa shape index (κ3) is 3.28. The predicted octanol–water partition coefficient (Wildman–Crippen LogP) is 0.954. The predicted molar refractivity (Wildman–Crippen MR) is 68.8 cm³/mol. The van der Waals surface area contributed by atoms with Crippen LogP contribution < -0.4 is 4.90 Å². The second kappa shape index (κ2) is 5.62. The van der Waals surface area contributed by atoms with Crippen LogP contribution in [0.3, 0.4) is 0 Å². The van der Waals surface area contributed by atoms with E-state index in [0.29, 0.717) is 0 Å². The maximum Gasteiger partial charge on any atom is 0.0614 e. The van der Waals surface area contributed by atoms with Crippen molar-refractivity contribution in [3.05, 3.63) is 29.8 Å². The largest absolute Gasteiger partial charge is 0.771 e. The minimum absolute atomic E-state index is 0.154. The highest BCUT2D eigenvalue weighted by atomic mass is 32.2. The van der Waals surface area contributed by atoms with Gasteiger partial charge in [-0.3, -0.25) is 9.11 Å². The van der Waals surface area contributed by atoms with Crippen molar-refractivity contribution in [2.75, 3.05) is 37.0 Å². The maximum absolute atomic E-state index is 10.6. The number of piperazine rings is 1. The third-order valence-corrected chi connectivity index (χ3v) is 3.69. The molecule has 4 nitrogen and oxygen atoms in total. The summed E-state index contributed by atoms with van der Waals surface area (Å²) in [6, 6.07) is 8.31. The Kier molecular flexibility index (Phi) is 4.15. The van der Waals surface area contributed by atoms with E-state index in [1.807, 2.05) is 17.0 Å². The zero-order valence-electron chi connectivity index (χ0n) is 9.96. The summed E-state index contributed by atoms with van der Waals surface area (Å²) in [4.78, 5) is 4.29. The standard InChI is InChI=1S/C12H18N2O2S/c1-11-4-2-3-5-12(11)14-8-6-13(7-9-14)10-17(15)16/h2-5H,6-10H2,1H3,(H,15,16)/p-1. The molecule has 0 saturated carbocycles. The Bertz CT molecular complexity index is 403. The summed E-state index contributed by atoms with van der Waals surface area (Å²) in [6.45, 7) is 5.50.